The highest BCUT2D eigenvalue weighted by molar-refractivity contribution is 7.89. The van der Waals surface area contributed by atoms with Gasteiger partial charge < -0.3 is 9.84 Å². The van der Waals surface area contributed by atoms with Crippen molar-refractivity contribution in [3.63, 3.8) is 0 Å². The summed E-state index contributed by atoms with van der Waals surface area (Å²) in [6.45, 7) is 0. The van der Waals surface area contributed by atoms with Gasteiger partial charge in [0.25, 0.3) is 0 Å². The molecule has 0 aliphatic heterocycles. The van der Waals surface area contributed by atoms with Crippen LogP contribution in [0.5, 0.6) is 0 Å². The fourth-order valence-electron chi connectivity index (χ4n) is 2.45. The summed E-state index contributed by atoms with van der Waals surface area (Å²) in [4.78, 5) is 10.2. The molecule has 0 radical (unpaired) electrons. The Morgan fingerprint density at radius 2 is 2.14 bits per heavy atom. The highest BCUT2D eigenvalue weighted by Crippen LogP contribution is 2.24. The molecule has 116 valence electrons. The average Bonchev–Trinajstić information content (AvgIpc) is 2.85. The second-order valence-corrected chi connectivity index (χ2v) is 6.57. The van der Waals surface area contributed by atoms with Crippen molar-refractivity contribution in [3.05, 3.63) is 29.6 Å². The van der Waals surface area contributed by atoms with E-state index in [-0.39, 0.29) is 11.7 Å². The highest BCUT2D eigenvalue weighted by Gasteiger charge is 2.32. The van der Waals surface area contributed by atoms with Crippen molar-refractivity contribution in [2.24, 2.45) is 0 Å². The van der Waals surface area contributed by atoms with E-state index in [9.17, 15) is 17.6 Å². The molecule has 0 heterocycles. The molecule has 1 aromatic carbocycles. The Kier molecular flexibility index (Phi) is 4.60. The Bertz CT molecular complexity index is 646. The van der Waals surface area contributed by atoms with E-state index in [0.717, 1.165) is 31.0 Å². The summed E-state index contributed by atoms with van der Waals surface area (Å²) in [5, 5.41) is 8.87. The molecule has 2 N–H and O–H groups in total. The number of benzene rings is 1. The number of halogens is 1. The van der Waals surface area contributed by atoms with E-state index in [1.807, 2.05) is 0 Å². The molecule has 0 saturated heterocycles. The van der Waals surface area contributed by atoms with Gasteiger partial charge in [0.05, 0.1) is 11.7 Å². The van der Waals surface area contributed by atoms with Crippen molar-refractivity contribution in [2.45, 2.75) is 36.3 Å². The Morgan fingerprint density at radius 1 is 1.43 bits per heavy atom. The predicted molar refractivity (Wildman–Crippen MR) is 72.1 cm³/mol. The summed E-state index contributed by atoms with van der Waals surface area (Å²) in [7, 11) is -2.65. The minimum atomic E-state index is -4.14. The van der Waals surface area contributed by atoms with Crippen LogP contribution in [0.4, 0.5) is 4.39 Å². The average molecular weight is 317 g/mol. The molecule has 1 fully saturated rings. The van der Waals surface area contributed by atoms with Crippen LogP contribution in [-0.4, -0.2) is 38.7 Å². The zero-order valence-electron chi connectivity index (χ0n) is 11.4. The van der Waals surface area contributed by atoms with Gasteiger partial charge in [-0.05, 0) is 37.5 Å². The number of hydrogen-bond acceptors (Lipinski definition) is 4. The number of hydrogen-bond donors (Lipinski definition) is 2. The quantitative estimate of drug-likeness (QED) is 0.855. The Labute approximate surface area is 122 Å². The van der Waals surface area contributed by atoms with E-state index in [0.29, 0.717) is 6.42 Å². The maximum Gasteiger partial charge on any atom is 0.335 e. The number of rotatable bonds is 5. The van der Waals surface area contributed by atoms with Crippen LogP contribution >= 0.6 is 0 Å². The van der Waals surface area contributed by atoms with Crippen molar-refractivity contribution in [2.75, 3.05) is 7.11 Å². The van der Waals surface area contributed by atoms with Crippen molar-refractivity contribution in [1.82, 2.24) is 4.72 Å². The lowest BCUT2D eigenvalue weighted by Crippen LogP contribution is -2.41. The van der Waals surface area contributed by atoms with Crippen molar-refractivity contribution >= 4 is 16.0 Å². The third-order valence-corrected chi connectivity index (χ3v) is 5.03. The molecule has 0 amide bonds. The van der Waals surface area contributed by atoms with Gasteiger partial charge in [0, 0.05) is 13.2 Å². The molecular weight excluding hydrogens is 301 g/mol. The molecule has 2 atom stereocenters. The first-order valence-corrected chi connectivity index (χ1v) is 7.91. The van der Waals surface area contributed by atoms with Crippen LogP contribution in [0.3, 0.4) is 0 Å². The summed E-state index contributed by atoms with van der Waals surface area (Å²) in [5.74, 6) is -2.30. The normalized spacial score (nSPS) is 22.4. The fraction of sp³-hybridized carbons (Fsp3) is 0.462. The van der Waals surface area contributed by atoms with Gasteiger partial charge in [-0.3, -0.25) is 0 Å². The number of carbonyl (C=O) groups is 1. The first-order valence-electron chi connectivity index (χ1n) is 6.43. The van der Waals surface area contributed by atoms with Crippen LogP contribution in [0.1, 0.15) is 29.6 Å². The third kappa shape index (κ3) is 3.39. The lowest BCUT2D eigenvalue weighted by molar-refractivity contribution is 0.0696. The second-order valence-electron chi connectivity index (χ2n) is 4.88. The van der Waals surface area contributed by atoms with Gasteiger partial charge >= 0.3 is 5.97 Å². The molecule has 1 aliphatic carbocycles. The number of aromatic carboxylic acids is 1. The Morgan fingerprint density at radius 3 is 2.76 bits per heavy atom. The fourth-order valence-corrected chi connectivity index (χ4v) is 3.85. The minimum Gasteiger partial charge on any atom is -0.478 e. The van der Waals surface area contributed by atoms with Gasteiger partial charge in [0.15, 0.2) is 0 Å². The molecule has 1 aromatic rings. The molecule has 2 rings (SSSR count). The van der Waals surface area contributed by atoms with Crippen LogP contribution in [0.2, 0.25) is 0 Å². The largest absolute Gasteiger partial charge is 0.478 e. The van der Waals surface area contributed by atoms with Gasteiger partial charge in [-0.2, -0.15) is 0 Å². The van der Waals surface area contributed by atoms with Crippen LogP contribution in [0, 0.1) is 5.82 Å². The predicted octanol–water partition coefficient (Wildman–Crippen LogP) is 1.37. The standard InChI is InChI=1S/C13H16FNO5S/c1-20-11-4-2-3-10(11)15-21(18,19)12-7-8(13(16)17)5-6-9(12)14/h5-7,10-11,15H,2-4H2,1H3,(H,16,17). The summed E-state index contributed by atoms with van der Waals surface area (Å²) >= 11 is 0. The van der Waals surface area contributed by atoms with Crippen LogP contribution in [-0.2, 0) is 14.8 Å². The Balaban J connectivity index is 2.31. The van der Waals surface area contributed by atoms with Gasteiger partial charge in [0.1, 0.15) is 10.7 Å². The molecule has 0 bridgehead atoms. The van der Waals surface area contributed by atoms with E-state index in [2.05, 4.69) is 4.72 Å². The van der Waals surface area contributed by atoms with Crippen LogP contribution < -0.4 is 4.72 Å². The molecule has 1 saturated carbocycles. The number of ether oxygens (including phenoxy) is 1. The van der Waals surface area contributed by atoms with Crippen molar-refractivity contribution in [3.8, 4) is 0 Å². The first kappa shape index (κ1) is 15.9. The van der Waals surface area contributed by atoms with Crippen molar-refractivity contribution < 1.29 is 27.4 Å². The summed E-state index contributed by atoms with van der Waals surface area (Å²) in [6, 6.07) is 2.23. The van der Waals surface area contributed by atoms with Gasteiger partial charge in [-0.15, -0.1) is 0 Å². The second kappa shape index (κ2) is 6.08. The number of carboxylic acids is 1. The molecule has 6 nitrogen and oxygen atoms in total. The van der Waals surface area contributed by atoms with Gasteiger partial charge in [-0.25, -0.2) is 22.3 Å². The maximum absolute atomic E-state index is 13.7. The number of methoxy groups -OCH3 is 1. The number of sulfonamides is 1. The topological polar surface area (TPSA) is 92.7 Å². The zero-order valence-corrected chi connectivity index (χ0v) is 12.2. The van der Waals surface area contributed by atoms with E-state index >= 15 is 0 Å². The smallest absolute Gasteiger partial charge is 0.335 e. The zero-order chi connectivity index (χ0) is 15.6. The van der Waals surface area contributed by atoms with Crippen molar-refractivity contribution in [1.29, 1.82) is 0 Å². The summed E-state index contributed by atoms with van der Waals surface area (Å²) in [6.07, 6.45) is 1.87. The Hall–Kier alpha value is -1.51. The van der Waals surface area contributed by atoms with E-state index in [4.69, 9.17) is 9.84 Å². The minimum absolute atomic E-state index is 0.259. The SMILES string of the molecule is COC1CCCC1NS(=O)(=O)c1cc(C(=O)O)ccc1F. The number of nitrogens with one attached hydrogen (secondary N) is 1. The lowest BCUT2D eigenvalue weighted by atomic mass is 10.2. The molecule has 8 heteroatoms. The van der Waals surface area contributed by atoms with Crippen LogP contribution in [0.15, 0.2) is 23.1 Å². The summed E-state index contributed by atoms with van der Waals surface area (Å²) < 4.78 is 45.8. The third-order valence-electron chi connectivity index (χ3n) is 3.53. The van der Waals surface area contributed by atoms with E-state index in [1.165, 1.54) is 7.11 Å². The molecular formula is C13H16FNO5S. The highest BCUT2D eigenvalue weighted by atomic mass is 32.2. The van der Waals surface area contributed by atoms with E-state index < -0.39 is 32.7 Å². The number of carboxylic acid groups (broad SMARTS) is 1. The molecule has 0 spiro atoms. The van der Waals surface area contributed by atoms with Gasteiger partial charge in [-0.1, -0.05) is 0 Å². The molecule has 1 aliphatic rings. The molecule has 2 unspecified atom stereocenters. The summed E-state index contributed by atoms with van der Waals surface area (Å²) in [5.41, 5.74) is -0.286. The van der Waals surface area contributed by atoms with Crippen LogP contribution in [0.25, 0.3) is 0 Å². The molecule has 21 heavy (non-hydrogen) atoms. The lowest BCUT2D eigenvalue weighted by Gasteiger charge is -2.19. The maximum atomic E-state index is 13.7. The first-order chi connectivity index (χ1) is 9.85. The molecule has 0 aromatic heterocycles. The monoisotopic (exact) mass is 317 g/mol. The van der Waals surface area contributed by atoms with E-state index in [1.54, 1.807) is 0 Å². The van der Waals surface area contributed by atoms with Gasteiger partial charge in [0.2, 0.25) is 10.0 Å².